The summed E-state index contributed by atoms with van der Waals surface area (Å²) >= 11 is 0. The van der Waals surface area contributed by atoms with Crippen LogP contribution in [0.5, 0.6) is 11.5 Å². The first-order valence-electron chi connectivity index (χ1n) is 7.86. The van der Waals surface area contributed by atoms with E-state index in [2.05, 4.69) is 0 Å². The van der Waals surface area contributed by atoms with Crippen LogP contribution < -0.4 is 9.47 Å². The largest absolute Gasteiger partial charge is 0.493 e. The van der Waals surface area contributed by atoms with Gasteiger partial charge in [0.25, 0.3) is 0 Å². The van der Waals surface area contributed by atoms with Crippen molar-refractivity contribution in [1.82, 2.24) is 4.90 Å². The van der Waals surface area contributed by atoms with E-state index in [-0.39, 0.29) is 11.9 Å². The molecule has 0 bridgehead atoms. The number of furan rings is 1. The number of carbonyl (C=O) groups is 1. The Morgan fingerprint density at radius 1 is 1.33 bits per heavy atom. The van der Waals surface area contributed by atoms with Crippen molar-refractivity contribution in [3.05, 3.63) is 54.0 Å². The smallest absolute Gasteiger partial charge is 0.246 e. The molecule has 0 saturated heterocycles. The molecule has 1 aromatic carbocycles. The summed E-state index contributed by atoms with van der Waals surface area (Å²) in [6.07, 6.45) is 4.90. The van der Waals surface area contributed by atoms with Crippen LogP contribution in [0.25, 0.3) is 6.08 Å². The molecule has 0 spiro atoms. The number of nitrogens with zero attached hydrogens (tertiary/aromatic N) is 1. The lowest BCUT2D eigenvalue weighted by Gasteiger charge is -2.21. The van der Waals surface area contributed by atoms with E-state index in [1.165, 1.54) is 6.08 Å². The molecule has 1 atom stereocenters. The highest BCUT2D eigenvalue weighted by atomic mass is 16.5. The number of amides is 1. The van der Waals surface area contributed by atoms with Crippen LogP contribution in [0, 0.1) is 0 Å². The third kappa shape index (κ3) is 4.19. The first-order chi connectivity index (χ1) is 11.6. The molecule has 5 heteroatoms. The van der Waals surface area contributed by atoms with E-state index in [9.17, 15) is 4.79 Å². The standard InChI is InChI=1S/C19H23NO4/c1-5-23-17-10-8-15(13-18(17)22-4)9-11-19(21)20(3)14(2)16-7-6-12-24-16/h6-14H,5H2,1-4H3/b11-9+. The summed E-state index contributed by atoms with van der Waals surface area (Å²) in [5, 5.41) is 0. The molecule has 0 fully saturated rings. The van der Waals surface area contributed by atoms with E-state index in [4.69, 9.17) is 13.9 Å². The summed E-state index contributed by atoms with van der Waals surface area (Å²) in [7, 11) is 3.34. The quantitative estimate of drug-likeness (QED) is 0.723. The average molecular weight is 329 g/mol. The predicted molar refractivity (Wildman–Crippen MR) is 93.1 cm³/mol. The van der Waals surface area contributed by atoms with Gasteiger partial charge >= 0.3 is 0 Å². The maximum absolute atomic E-state index is 12.3. The first-order valence-corrected chi connectivity index (χ1v) is 7.86. The number of likely N-dealkylation sites (N-methyl/N-ethyl adjacent to an activating group) is 1. The van der Waals surface area contributed by atoms with Gasteiger partial charge in [-0.3, -0.25) is 4.79 Å². The van der Waals surface area contributed by atoms with Gasteiger partial charge < -0.3 is 18.8 Å². The lowest BCUT2D eigenvalue weighted by atomic mass is 10.1. The summed E-state index contributed by atoms with van der Waals surface area (Å²) < 4.78 is 16.1. The molecule has 128 valence electrons. The molecule has 5 nitrogen and oxygen atoms in total. The second-order valence-corrected chi connectivity index (χ2v) is 5.32. The number of ether oxygens (including phenoxy) is 2. The summed E-state index contributed by atoms with van der Waals surface area (Å²) in [5.41, 5.74) is 0.864. The third-order valence-electron chi connectivity index (χ3n) is 3.79. The molecule has 24 heavy (non-hydrogen) atoms. The van der Waals surface area contributed by atoms with Gasteiger partial charge in [0.1, 0.15) is 5.76 Å². The maximum atomic E-state index is 12.3. The molecule has 0 aliphatic rings. The zero-order chi connectivity index (χ0) is 17.5. The van der Waals surface area contributed by atoms with Crippen LogP contribution in [0.4, 0.5) is 0 Å². The van der Waals surface area contributed by atoms with Crippen molar-refractivity contribution in [2.75, 3.05) is 20.8 Å². The highest BCUT2D eigenvalue weighted by Crippen LogP contribution is 2.28. The summed E-state index contributed by atoms with van der Waals surface area (Å²) in [6, 6.07) is 9.09. The molecule has 1 unspecified atom stereocenters. The number of carbonyl (C=O) groups excluding carboxylic acids is 1. The molecule has 0 aliphatic heterocycles. The van der Waals surface area contributed by atoms with Crippen molar-refractivity contribution < 1.29 is 18.7 Å². The van der Waals surface area contributed by atoms with E-state index >= 15 is 0 Å². The minimum atomic E-state index is -0.132. The fourth-order valence-electron chi connectivity index (χ4n) is 2.26. The second kappa shape index (κ2) is 8.24. The van der Waals surface area contributed by atoms with E-state index in [0.29, 0.717) is 18.1 Å². The van der Waals surface area contributed by atoms with Crippen LogP contribution in [0.1, 0.15) is 31.2 Å². The Kier molecular flexibility index (Phi) is 6.07. The molecule has 2 rings (SSSR count). The molecule has 1 amide bonds. The topological polar surface area (TPSA) is 51.9 Å². The molecule has 0 saturated carbocycles. The van der Waals surface area contributed by atoms with Crippen LogP contribution in [0.2, 0.25) is 0 Å². The number of methoxy groups -OCH3 is 1. The minimum Gasteiger partial charge on any atom is -0.493 e. The van der Waals surface area contributed by atoms with Gasteiger partial charge in [-0.1, -0.05) is 6.07 Å². The van der Waals surface area contributed by atoms with Crippen LogP contribution in [-0.2, 0) is 4.79 Å². The normalized spacial score (nSPS) is 12.2. The Bertz CT molecular complexity index is 691. The monoisotopic (exact) mass is 329 g/mol. The summed E-state index contributed by atoms with van der Waals surface area (Å²) in [4.78, 5) is 13.9. The van der Waals surface area contributed by atoms with Gasteiger partial charge in [0, 0.05) is 13.1 Å². The number of hydrogen-bond donors (Lipinski definition) is 0. The van der Waals surface area contributed by atoms with Crippen molar-refractivity contribution in [2.24, 2.45) is 0 Å². The second-order valence-electron chi connectivity index (χ2n) is 5.32. The van der Waals surface area contributed by atoms with E-state index in [1.54, 1.807) is 31.4 Å². The Morgan fingerprint density at radius 2 is 2.12 bits per heavy atom. The molecule has 0 radical (unpaired) electrons. The summed E-state index contributed by atoms with van der Waals surface area (Å²) in [6.45, 7) is 4.41. The van der Waals surface area contributed by atoms with Gasteiger partial charge in [0.05, 0.1) is 26.0 Å². The van der Waals surface area contributed by atoms with Crippen LogP contribution in [-0.4, -0.2) is 31.6 Å². The van der Waals surface area contributed by atoms with Crippen molar-refractivity contribution in [3.8, 4) is 11.5 Å². The molecule has 1 heterocycles. The van der Waals surface area contributed by atoms with Crippen molar-refractivity contribution in [1.29, 1.82) is 0 Å². The third-order valence-corrected chi connectivity index (χ3v) is 3.79. The highest BCUT2D eigenvalue weighted by molar-refractivity contribution is 5.91. The van der Waals surface area contributed by atoms with E-state index < -0.39 is 0 Å². The van der Waals surface area contributed by atoms with Crippen LogP contribution in [0.15, 0.2) is 47.1 Å². The highest BCUT2D eigenvalue weighted by Gasteiger charge is 2.17. The van der Waals surface area contributed by atoms with Gasteiger partial charge in [-0.05, 0) is 49.8 Å². The SMILES string of the molecule is CCOc1ccc(/C=C/C(=O)N(C)C(C)c2ccco2)cc1OC. The summed E-state index contributed by atoms with van der Waals surface area (Å²) in [5.74, 6) is 1.98. The number of benzene rings is 1. The fraction of sp³-hybridized carbons (Fsp3) is 0.316. The zero-order valence-electron chi connectivity index (χ0n) is 14.5. The average Bonchev–Trinajstić information content (AvgIpc) is 3.14. The lowest BCUT2D eigenvalue weighted by molar-refractivity contribution is -0.126. The van der Waals surface area contributed by atoms with Crippen LogP contribution in [0.3, 0.4) is 0 Å². The molecule has 0 N–H and O–H groups in total. The maximum Gasteiger partial charge on any atom is 0.246 e. The van der Waals surface area contributed by atoms with Gasteiger partial charge in [-0.15, -0.1) is 0 Å². The lowest BCUT2D eigenvalue weighted by Crippen LogP contribution is -2.27. The van der Waals surface area contributed by atoms with Crippen molar-refractivity contribution in [2.45, 2.75) is 19.9 Å². The van der Waals surface area contributed by atoms with E-state index in [0.717, 1.165) is 11.3 Å². The minimum absolute atomic E-state index is 0.105. The number of rotatable bonds is 7. The van der Waals surface area contributed by atoms with Crippen molar-refractivity contribution >= 4 is 12.0 Å². The zero-order valence-corrected chi connectivity index (χ0v) is 14.5. The van der Waals surface area contributed by atoms with Gasteiger partial charge in [-0.2, -0.15) is 0 Å². The predicted octanol–water partition coefficient (Wildman–Crippen LogP) is 3.92. The van der Waals surface area contributed by atoms with Gasteiger partial charge in [0.2, 0.25) is 5.91 Å². The van der Waals surface area contributed by atoms with Crippen LogP contribution >= 0.6 is 0 Å². The van der Waals surface area contributed by atoms with Gasteiger partial charge in [0.15, 0.2) is 11.5 Å². The van der Waals surface area contributed by atoms with Gasteiger partial charge in [-0.25, -0.2) is 0 Å². The Labute approximate surface area is 142 Å². The Morgan fingerprint density at radius 3 is 2.75 bits per heavy atom. The Hall–Kier alpha value is -2.69. The molecular weight excluding hydrogens is 306 g/mol. The first kappa shape index (κ1) is 17.7. The number of hydrogen-bond acceptors (Lipinski definition) is 4. The molecule has 1 aromatic heterocycles. The fourth-order valence-corrected chi connectivity index (χ4v) is 2.26. The van der Waals surface area contributed by atoms with Crippen molar-refractivity contribution in [3.63, 3.8) is 0 Å². The Balaban J connectivity index is 2.08. The molecule has 0 aliphatic carbocycles. The molecular formula is C19H23NO4. The molecule has 2 aromatic rings. The van der Waals surface area contributed by atoms with E-state index in [1.807, 2.05) is 44.2 Å².